The van der Waals surface area contributed by atoms with Crippen LogP contribution in [0.15, 0.2) is 18.2 Å². The Hall–Kier alpha value is -1.26. The van der Waals surface area contributed by atoms with E-state index < -0.39 is 0 Å². The van der Waals surface area contributed by atoms with Crippen LogP contribution in [0.5, 0.6) is 11.5 Å². The molecule has 0 aliphatic carbocycles. The van der Waals surface area contributed by atoms with Crippen LogP contribution in [-0.2, 0) is 0 Å². The number of likely N-dealkylation sites (tertiary alicyclic amines) is 1. The van der Waals surface area contributed by atoms with Crippen LogP contribution in [-0.4, -0.2) is 40.8 Å². The zero-order chi connectivity index (χ0) is 14.5. The lowest BCUT2D eigenvalue weighted by Crippen LogP contribution is -2.42. The fraction of sp³-hybridized carbons (Fsp3) is 0.625. The number of hydrogen-bond acceptors (Lipinski definition) is 4. The molecule has 0 saturated carbocycles. The number of hydrogen-bond donors (Lipinski definition) is 3. The van der Waals surface area contributed by atoms with Gasteiger partial charge < -0.3 is 20.4 Å². The maximum absolute atomic E-state index is 9.88. The van der Waals surface area contributed by atoms with Gasteiger partial charge in [-0.1, -0.05) is 6.42 Å². The highest BCUT2D eigenvalue weighted by atomic mass is 16.3. The lowest BCUT2D eigenvalue weighted by molar-refractivity contribution is 0.205. The van der Waals surface area contributed by atoms with Crippen LogP contribution in [0.25, 0.3) is 0 Å². The highest BCUT2D eigenvalue weighted by Gasteiger charge is 2.17. The van der Waals surface area contributed by atoms with Crippen molar-refractivity contribution >= 4 is 0 Å². The van der Waals surface area contributed by atoms with Crippen LogP contribution in [0.3, 0.4) is 0 Å². The molecule has 1 fully saturated rings. The number of phenols is 2. The fourth-order valence-corrected chi connectivity index (χ4v) is 2.99. The predicted octanol–water partition coefficient (Wildman–Crippen LogP) is 2.62. The molecule has 1 aliphatic heterocycles. The smallest absolute Gasteiger partial charge is 0.120 e. The second-order valence-corrected chi connectivity index (χ2v) is 5.89. The first kappa shape index (κ1) is 15.1. The molecule has 4 heteroatoms. The van der Waals surface area contributed by atoms with E-state index in [-0.39, 0.29) is 17.5 Å². The van der Waals surface area contributed by atoms with Crippen LogP contribution in [0, 0.1) is 0 Å². The van der Waals surface area contributed by atoms with Crippen LogP contribution in [0.1, 0.15) is 44.7 Å². The average molecular weight is 278 g/mol. The molecule has 0 spiro atoms. The molecular formula is C16H26N2O2. The molecule has 1 heterocycles. The SMILES string of the molecule is CC(CN1CCCCC1)NC(C)c1cc(O)ccc1O. The summed E-state index contributed by atoms with van der Waals surface area (Å²) in [6.45, 7) is 7.60. The van der Waals surface area contributed by atoms with Gasteiger partial charge >= 0.3 is 0 Å². The molecule has 112 valence electrons. The maximum atomic E-state index is 9.88. The van der Waals surface area contributed by atoms with Crippen molar-refractivity contribution in [2.24, 2.45) is 0 Å². The first-order chi connectivity index (χ1) is 9.56. The van der Waals surface area contributed by atoms with Gasteiger partial charge in [0.2, 0.25) is 0 Å². The minimum atomic E-state index is 0.0156. The number of aromatic hydroxyl groups is 2. The molecule has 1 saturated heterocycles. The Labute approximate surface area is 121 Å². The number of nitrogens with zero attached hydrogens (tertiary/aromatic N) is 1. The van der Waals surface area contributed by atoms with Crippen molar-refractivity contribution in [1.82, 2.24) is 10.2 Å². The van der Waals surface area contributed by atoms with E-state index in [1.165, 1.54) is 44.5 Å². The maximum Gasteiger partial charge on any atom is 0.120 e. The molecular weight excluding hydrogens is 252 g/mol. The summed E-state index contributed by atoms with van der Waals surface area (Å²) in [5.74, 6) is 0.420. The van der Waals surface area contributed by atoms with Gasteiger partial charge in [0.05, 0.1) is 0 Å². The number of phenolic OH excluding ortho intramolecular Hbond substituents is 2. The lowest BCUT2D eigenvalue weighted by atomic mass is 10.1. The summed E-state index contributed by atoms with van der Waals surface area (Å²) in [4.78, 5) is 2.50. The Morgan fingerprint density at radius 3 is 2.55 bits per heavy atom. The molecule has 2 rings (SSSR count). The first-order valence-electron chi connectivity index (χ1n) is 7.56. The van der Waals surface area contributed by atoms with E-state index >= 15 is 0 Å². The van der Waals surface area contributed by atoms with Gasteiger partial charge in [-0.3, -0.25) is 0 Å². The molecule has 0 bridgehead atoms. The summed E-state index contributed by atoms with van der Waals surface area (Å²) >= 11 is 0. The van der Waals surface area contributed by atoms with Gasteiger partial charge in [-0.05, 0) is 58.0 Å². The summed E-state index contributed by atoms with van der Waals surface area (Å²) < 4.78 is 0. The van der Waals surface area contributed by atoms with E-state index in [2.05, 4.69) is 17.1 Å². The molecule has 20 heavy (non-hydrogen) atoms. The van der Waals surface area contributed by atoms with Crippen LogP contribution in [0.4, 0.5) is 0 Å². The Balaban J connectivity index is 1.89. The van der Waals surface area contributed by atoms with Crippen molar-refractivity contribution in [2.75, 3.05) is 19.6 Å². The second-order valence-electron chi connectivity index (χ2n) is 5.89. The zero-order valence-corrected chi connectivity index (χ0v) is 12.5. The Morgan fingerprint density at radius 1 is 1.15 bits per heavy atom. The first-order valence-corrected chi connectivity index (χ1v) is 7.56. The third-order valence-corrected chi connectivity index (χ3v) is 3.99. The topological polar surface area (TPSA) is 55.7 Å². The lowest BCUT2D eigenvalue weighted by Gasteiger charge is -2.30. The van der Waals surface area contributed by atoms with E-state index in [4.69, 9.17) is 0 Å². The molecule has 2 atom stereocenters. The van der Waals surface area contributed by atoms with E-state index in [0.717, 1.165) is 12.1 Å². The molecule has 4 nitrogen and oxygen atoms in total. The average Bonchev–Trinajstić information content (AvgIpc) is 2.42. The largest absolute Gasteiger partial charge is 0.508 e. The Bertz CT molecular complexity index is 430. The molecule has 1 aromatic carbocycles. The molecule has 1 aromatic rings. The second kappa shape index (κ2) is 6.95. The van der Waals surface area contributed by atoms with Gasteiger partial charge in [0, 0.05) is 24.2 Å². The molecule has 3 N–H and O–H groups in total. The van der Waals surface area contributed by atoms with Crippen LogP contribution >= 0.6 is 0 Å². The van der Waals surface area contributed by atoms with Crippen molar-refractivity contribution in [3.05, 3.63) is 23.8 Å². The molecule has 0 radical (unpaired) electrons. The zero-order valence-electron chi connectivity index (χ0n) is 12.5. The number of piperidine rings is 1. The van der Waals surface area contributed by atoms with Gasteiger partial charge in [-0.25, -0.2) is 0 Å². The summed E-state index contributed by atoms with van der Waals surface area (Å²) in [5.41, 5.74) is 0.746. The van der Waals surface area contributed by atoms with Gasteiger partial charge in [0.15, 0.2) is 0 Å². The third-order valence-electron chi connectivity index (χ3n) is 3.99. The Kier molecular flexibility index (Phi) is 5.26. The minimum Gasteiger partial charge on any atom is -0.508 e. The van der Waals surface area contributed by atoms with E-state index in [1.54, 1.807) is 6.07 Å². The highest BCUT2D eigenvalue weighted by molar-refractivity contribution is 5.40. The number of nitrogens with one attached hydrogen (secondary N) is 1. The van der Waals surface area contributed by atoms with E-state index in [1.807, 2.05) is 6.92 Å². The normalized spacial score (nSPS) is 19.7. The molecule has 0 amide bonds. The number of benzene rings is 1. The quantitative estimate of drug-likeness (QED) is 0.725. The van der Waals surface area contributed by atoms with Crippen molar-refractivity contribution < 1.29 is 10.2 Å². The summed E-state index contributed by atoms with van der Waals surface area (Å²) in [6.07, 6.45) is 3.96. The highest BCUT2D eigenvalue weighted by Crippen LogP contribution is 2.28. The van der Waals surface area contributed by atoms with Crippen LogP contribution < -0.4 is 5.32 Å². The van der Waals surface area contributed by atoms with Crippen molar-refractivity contribution in [3.63, 3.8) is 0 Å². The van der Waals surface area contributed by atoms with Gasteiger partial charge in [0.25, 0.3) is 0 Å². The fourth-order valence-electron chi connectivity index (χ4n) is 2.99. The van der Waals surface area contributed by atoms with E-state index in [9.17, 15) is 10.2 Å². The third kappa shape index (κ3) is 4.12. The van der Waals surface area contributed by atoms with Crippen molar-refractivity contribution in [1.29, 1.82) is 0 Å². The van der Waals surface area contributed by atoms with Crippen molar-refractivity contribution in [3.8, 4) is 11.5 Å². The van der Waals surface area contributed by atoms with Gasteiger partial charge in [0.1, 0.15) is 11.5 Å². The molecule has 1 aliphatic rings. The van der Waals surface area contributed by atoms with E-state index in [0.29, 0.717) is 6.04 Å². The Morgan fingerprint density at radius 2 is 1.85 bits per heavy atom. The van der Waals surface area contributed by atoms with Gasteiger partial charge in [-0.2, -0.15) is 0 Å². The predicted molar refractivity (Wildman–Crippen MR) is 81.1 cm³/mol. The standard InChI is InChI=1S/C16H26N2O2/c1-12(11-18-8-4-3-5-9-18)17-13(2)15-10-14(19)6-7-16(15)20/h6-7,10,12-13,17,19-20H,3-5,8-9,11H2,1-2H3. The molecule has 0 aromatic heterocycles. The summed E-state index contributed by atoms with van der Waals surface area (Å²) in [5, 5.41) is 22.9. The van der Waals surface area contributed by atoms with Crippen LogP contribution in [0.2, 0.25) is 0 Å². The summed E-state index contributed by atoms with van der Waals surface area (Å²) in [7, 11) is 0. The monoisotopic (exact) mass is 278 g/mol. The van der Waals surface area contributed by atoms with Crippen molar-refractivity contribution in [2.45, 2.75) is 45.2 Å². The number of rotatable bonds is 5. The molecule has 2 unspecified atom stereocenters. The summed E-state index contributed by atoms with van der Waals surface area (Å²) in [6, 6.07) is 5.04. The van der Waals surface area contributed by atoms with Gasteiger partial charge in [-0.15, -0.1) is 0 Å². The minimum absolute atomic E-state index is 0.0156.